The van der Waals surface area contributed by atoms with Crippen LogP contribution in [0.4, 0.5) is 5.95 Å². The van der Waals surface area contributed by atoms with Crippen LogP contribution in [-0.2, 0) is 0 Å². The Morgan fingerprint density at radius 3 is 2.67 bits per heavy atom. The van der Waals surface area contributed by atoms with Gasteiger partial charge in [0.2, 0.25) is 5.95 Å². The molecule has 0 aliphatic heterocycles. The molecular formula is C15H10Cl2N4. The summed E-state index contributed by atoms with van der Waals surface area (Å²) in [5.41, 5.74) is 9.46. The SMILES string of the molecule is Cc1cccc(-n2c(N)nc3cc(Cl)c(Cl)cc32)c1C#N. The van der Waals surface area contributed by atoms with Gasteiger partial charge in [0, 0.05) is 0 Å². The van der Waals surface area contributed by atoms with Crippen LogP contribution in [0.5, 0.6) is 0 Å². The number of nitriles is 1. The third-order valence-corrected chi connectivity index (χ3v) is 4.05. The van der Waals surface area contributed by atoms with Gasteiger partial charge in [-0.1, -0.05) is 35.3 Å². The highest BCUT2D eigenvalue weighted by molar-refractivity contribution is 6.42. The minimum atomic E-state index is 0.283. The molecule has 6 heteroatoms. The Balaban J connectivity index is 2.41. The number of hydrogen-bond acceptors (Lipinski definition) is 3. The number of nitrogen functional groups attached to an aromatic ring is 1. The van der Waals surface area contributed by atoms with Gasteiger partial charge < -0.3 is 5.73 Å². The van der Waals surface area contributed by atoms with Crippen LogP contribution in [0.3, 0.4) is 0 Å². The van der Waals surface area contributed by atoms with E-state index >= 15 is 0 Å². The lowest BCUT2D eigenvalue weighted by Gasteiger charge is -2.10. The quantitative estimate of drug-likeness (QED) is 0.735. The monoisotopic (exact) mass is 316 g/mol. The number of halogens is 2. The molecular weight excluding hydrogens is 307 g/mol. The van der Waals surface area contributed by atoms with Crippen molar-refractivity contribution in [3.63, 3.8) is 0 Å². The van der Waals surface area contributed by atoms with E-state index in [1.165, 1.54) is 0 Å². The van der Waals surface area contributed by atoms with E-state index in [0.29, 0.717) is 32.3 Å². The summed E-state index contributed by atoms with van der Waals surface area (Å²) < 4.78 is 1.71. The average molecular weight is 317 g/mol. The molecule has 21 heavy (non-hydrogen) atoms. The van der Waals surface area contributed by atoms with Gasteiger partial charge in [-0.2, -0.15) is 5.26 Å². The summed E-state index contributed by atoms with van der Waals surface area (Å²) in [7, 11) is 0. The lowest BCUT2D eigenvalue weighted by Crippen LogP contribution is -2.03. The van der Waals surface area contributed by atoms with Crippen LogP contribution in [-0.4, -0.2) is 9.55 Å². The van der Waals surface area contributed by atoms with Gasteiger partial charge in [-0.05, 0) is 30.7 Å². The molecule has 2 aromatic carbocycles. The number of hydrogen-bond donors (Lipinski definition) is 1. The van der Waals surface area contributed by atoms with Crippen molar-refractivity contribution in [1.82, 2.24) is 9.55 Å². The molecule has 1 aromatic heterocycles. The van der Waals surface area contributed by atoms with Crippen molar-refractivity contribution < 1.29 is 0 Å². The second-order valence-corrected chi connectivity index (χ2v) is 5.46. The highest BCUT2D eigenvalue weighted by atomic mass is 35.5. The van der Waals surface area contributed by atoms with Crippen molar-refractivity contribution in [3.05, 3.63) is 51.5 Å². The van der Waals surface area contributed by atoms with Crippen LogP contribution in [0.2, 0.25) is 10.0 Å². The predicted octanol–water partition coefficient (Wildman–Crippen LogP) is 4.09. The fraction of sp³-hybridized carbons (Fsp3) is 0.0667. The summed E-state index contributed by atoms with van der Waals surface area (Å²) in [6.07, 6.45) is 0. The normalized spacial score (nSPS) is 10.8. The summed E-state index contributed by atoms with van der Waals surface area (Å²) in [5.74, 6) is 0.283. The number of nitrogens with zero attached hydrogens (tertiary/aromatic N) is 3. The van der Waals surface area contributed by atoms with Gasteiger partial charge >= 0.3 is 0 Å². The van der Waals surface area contributed by atoms with Gasteiger partial charge in [-0.15, -0.1) is 0 Å². The topological polar surface area (TPSA) is 67.6 Å². The molecule has 0 aliphatic rings. The molecule has 1 heterocycles. The Bertz CT molecular complexity index is 906. The minimum Gasteiger partial charge on any atom is -0.369 e. The first kappa shape index (κ1) is 13.7. The first-order chi connectivity index (χ1) is 10.0. The molecule has 0 atom stereocenters. The zero-order valence-corrected chi connectivity index (χ0v) is 12.6. The molecule has 0 radical (unpaired) electrons. The van der Waals surface area contributed by atoms with Crippen LogP contribution >= 0.6 is 23.2 Å². The molecule has 0 amide bonds. The van der Waals surface area contributed by atoms with Crippen molar-refractivity contribution in [1.29, 1.82) is 5.26 Å². The first-order valence-electron chi connectivity index (χ1n) is 6.16. The molecule has 0 saturated heterocycles. The number of anilines is 1. The summed E-state index contributed by atoms with van der Waals surface area (Å²) in [6.45, 7) is 1.88. The summed E-state index contributed by atoms with van der Waals surface area (Å²) in [4.78, 5) is 4.28. The van der Waals surface area contributed by atoms with E-state index in [4.69, 9.17) is 28.9 Å². The first-order valence-corrected chi connectivity index (χ1v) is 6.91. The summed E-state index contributed by atoms with van der Waals surface area (Å²) >= 11 is 12.1. The van der Waals surface area contributed by atoms with Gasteiger partial charge in [0.05, 0.1) is 32.3 Å². The minimum absolute atomic E-state index is 0.283. The van der Waals surface area contributed by atoms with E-state index in [1.807, 2.05) is 25.1 Å². The van der Waals surface area contributed by atoms with Crippen LogP contribution in [0, 0.1) is 18.3 Å². The molecule has 0 unspecified atom stereocenters. The van der Waals surface area contributed by atoms with Crippen molar-refractivity contribution in [2.24, 2.45) is 0 Å². The van der Waals surface area contributed by atoms with Gasteiger partial charge in [-0.25, -0.2) is 4.98 Å². The smallest absolute Gasteiger partial charge is 0.205 e. The molecule has 0 saturated carbocycles. The van der Waals surface area contributed by atoms with E-state index in [-0.39, 0.29) is 5.95 Å². The van der Waals surface area contributed by atoms with E-state index in [0.717, 1.165) is 5.56 Å². The van der Waals surface area contributed by atoms with Crippen LogP contribution in [0.1, 0.15) is 11.1 Å². The van der Waals surface area contributed by atoms with E-state index in [1.54, 1.807) is 16.7 Å². The third kappa shape index (κ3) is 2.11. The van der Waals surface area contributed by atoms with Crippen molar-refractivity contribution in [2.75, 3.05) is 5.73 Å². The lowest BCUT2D eigenvalue weighted by atomic mass is 10.1. The highest BCUT2D eigenvalue weighted by Gasteiger charge is 2.16. The third-order valence-electron chi connectivity index (χ3n) is 3.33. The Kier molecular flexibility index (Phi) is 3.25. The molecule has 104 valence electrons. The Morgan fingerprint density at radius 2 is 1.95 bits per heavy atom. The molecule has 0 bridgehead atoms. The highest BCUT2D eigenvalue weighted by Crippen LogP contribution is 2.32. The maximum atomic E-state index is 9.39. The maximum Gasteiger partial charge on any atom is 0.205 e. The van der Waals surface area contributed by atoms with E-state index in [9.17, 15) is 5.26 Å². The van der Waals surface area contributed by atoms with Crippen molar-refractivity contribution >= 4 is 40.2 Å². The molecule has 0 fully saturated rings. The zero-order valence-electron chi connectivity index (χ0n) is 11.1. The van der Waals surface area contributed by atoms with Crippen LogP contribution in [0.15, 0.2) is 30.3 Å². The standard InChI is InChI=1S/C15H10Cl2N4/c1-8-3-2-4-13(9(8)7-18)21-14-6-11(17)10(16)5-12(14)20-15(21)19/h2-6H,1H3,(H2,19,20). The molecule has 3 rings (SSSR count). The van der Waals surface area contributed by atoms with Crippen LogP contribution in [0.25, 0.3) is 16.7 Å². The maximum absolute atomic E-state index is 9.39. The Morgan fingerprint density at radius 1 is 1.24 bits per heavy atom. The van der Waals surface area contributed by atoms with Gasteiger partial charge in [0.25, 0.3) is 0 Å². The number of aromatic nitrogens is 2. The number of imidazole rings is 1. The summed E-state index contributed by atoms with van der Waals surface area (Å²) in [5, 5.41) is 10.2. The largest absolute Gasteiger partial charge is 0.369 e. The van der Waals surface area contributed by atoms with Crippen molar-refractivity contribution in [2.45, 2.75) is 6.92 Å². The molecule has 3 aromatic rings. The number of rotatable bonds is 1. The van der Waals surface area contributed by atoms with Gasteiger partial charge in [-0.3, -0.25) is 4.57 Å². The zero-order chi connectivity index (χ0) is 15.1. The molecule has 0 spiro atoms. The molecule has 4 nitrogen and oxygen atoms in total. The predicted molar refractivity (Wildman–Crippen MR) is 85.0 cm³/mol. The Hall–Kier alpha value is -2.22. The van der Waals surface area contributed by atoms with E-state index in [2.05, 4.69) is 11.1 Å². The number of fused-ring (bicyclic) bond motifs is 1. The summed E-state index contributed by atoms with van der Waals surface area (Å²) in [6, 6.07) is 11.1. The number of nitrogens with two attached hydrogens (primary N) is 1. The molecule has 0 aliphatic carbocycles. The fourth-order valence-electron chi connectivity index (χ4n) is 2.33. The average Bonchev–Trinajstić information content (AvgIpc) is 2.74. The molecule has 2 N–H and O–H groups in total. The second-order valence-electron chi connectivity index (χ2n) is 4.64. The van der Waals surface area contributed by atoms with E-state index < -0.39 is 0 Å². The Labute approximate surface area is 131 Å². The van der Waals surface area contributed by atoms with Crippen LogP contribution < -0.4 is 5.73 Å². The van der Waals surface area contributed by atoms with Crippen molar-refractivity contribution in [3.8, 4) is 11.8 Å². The lowest BCUT2D eigenvalue weighted by molar-refractivity contribution is 1.09. The van der Waals surface area contributed by atoms with Gasteiger partial charge in [0.1, 0.15) is 6.07 Å². The fourth-order valence-corrected chi connectivity index (χ4v) is 2.64. The number of benzene rings is 2. The van der Waals surface area contributed by atoms with Gasteiger partial charge in [0.15, 0.2) is 0 Å². The second kappa shape index (κ2) is 4.96. The number of aryl methyl sites for hydroxylation is 1.